The van der Waals surface area contributed by atoms with Crippen LogP contribution in [-0.2, 0) is 26.2 Å². The van der Waals surface area contributed by atoms with Crippen molar-refractivity contribution in [3.8, 4) is 5.75 Å². The van der Waals surface area contributed by atoms with Crippen LogP contribution in [-0.4, -0.2) is 62.6 Å². The van der Waals surface area contributed by atoms with E-state index in [2.05, 4.69) is 5.32 Å². The third-order valence-electron chi connectivity index (χ3n) is 5.53. The molecule has 36 heavy (non-hydrogen) atoms. The number of hydrogen-bond donors (Lipinski definition) is 1. The minimum Gasteiger partial charge on any atom is -0.495 e. The number of methoxy groups -OCH3 is 1. The molecule has 0 fully saturated rings. The van der Waals surface area contributed by atoms with Gasteiger partial charge >= 0.3 is 0 Å². The molecule has 1 atom stereocenters. The predicted octanol–water partition coefficient (Wildman–Crippen LogP) is 2.62. The van der Waals surface area contributed by atoms with Gasteiger partial charge in [-0.15, -0.1) is 0 Å². The number of likely N-dealkylation sites (N-methyl/N-ethyl adjacent to an activating group) is 1. The van der Waals surface area contributed by atoms with Crippen molar-refractivity contribution >= 4 is 33.2 Å². The number of ether oxygens (including phenoxy) is 1. The lowest BCUT2D eigenvalue weighted by Crippen LogP contribution is -2.52. The summed E-state index contributed by atoms with van der Waals surface area (Å²) < 4.78 is 31.5. The summed E-state index contributed by atoms with van der Waals surface area (Å²) in [5.41, 5.74) is 1.27. The Labute approximate surface area is 211 Å². The molecule has 0 aromatic heterocycles. The smallest absolute Gasteiger partial charge is 0.271 e. The van der Waals surface area contributed by atoms with Crippen LogP contribution < -0.4 is 14.4 Å². The number of anilines is 1. The Morgan fingerprint density at radius 1 is 1.14 bits per heavy atom. The molecule has 0 aliphatic carbocycles. The lowest BCUT2D eigenvalue weighted by molar-refractivity contribution is -0.384. The zero-order chi connectivity index (χ0) is 27.0. The van der Waals surface area contributed by atoms with Gasteiger partial charge in [-0.1, -0.05) is 36.8 Å². The zero-order valence-electron chi connectivity index (χ0n) is 21.1. The fraction of sp³-hybridized carbons (Fsp3) is 0.417. The monoisotopic (exact) mass is 520 g/mol. The van der Waals surface area contributed by atoms with E-state index in [1.807, 2.05) is 31.2 Å². The first-order valence-electron chi connectivity index (χ1n) is 11.4. The largest absolute Gasteiger partial charge is 0.495 e. The first kappa shape index (κ1) is 28.6. The van der Waals surface area contributed by atoms with Gasteiger partial charge in [0, 0.05) is 25.2 Å². The number of aryl methyl sites for hydroxylation is 1. The van der Waals surface area contributed by atoms with Gasteiger partial charge in [-0.05, 0) is 31.9 Å². The molecule has 2 rings (SSSR count). The van der Waals surface area contributed by atoms with Crippen LogP contribution in [0.3, 0.4) is 0 Å². The van der Waals surface area contributed by atoms with Gasteiger partial charge in [-0.25, -0.2) is 8.42 Å². The molecule has 0 radical (unpaired) electrons. The van der Waals surface area contributed by atoms with Crippen LogP contribution in [0.5, 0.6) is 5.75 Å². The van der Waals surface area contributed by atoms with E-state index in [1.54, 1.807) is 13.8 Å². The number of nitro benzene ring substituents is 1. The highest BCUT2D eigenvalue weighted by Gasteiger charge is 2.33. The molecule has 0 saturated heterocycles. The maximum atomic E-state index is 13.6. The van der Waals surface area contributed by atoms with Gasteiger partial charge in [0.25, 0.3) is 5.69 Å². The van der Waals surface area contributed by atoms with Crippen LogP contribution >= 0.6 is 0 Å². The second kappa shape index (κ2) is 12.3. The van der Waals surface area contributed by atoms with Crippen LogP contribution in [0, 0.1) is 17.0 Å². The van der Waals surface area contributed by atoms with Gasteiger partial charge < -0.3 is 15.0 Å². The van der Waals surface area contributed by atoms with E-state index < -0.39 is 33.4 Å². The van der Waals surface area contributed by atoms with E-state index in [4.69, 9.17) is 4.74 Å². The first-order chi connectivity index (χ1) is 16.9. The summed E-state index contributed by atoms with van der Waals surface area (Å²) in [4.78, 5) is 38.4. The molecule has 0 bridgehead atoms. The summed E-state index contributed by atoms with van der Waals surface area (Å²) in [5.74, 6) is -0.966. The Morgan fingerprint density at radius 3 is 2.28 bits per heavy atom. The quantitative estimate of drug-likeness (QED) is 0.335. The second-order valence-corrected chi connectivity index (χ2v) is 10.1. The molecule has 12 heteroatoms. The Bertz CT molecular complexity index is 1200. The Morgan fingerprint density at radius 2 is 1.78 bits per heavy atom. The molecule has 0 aliphatic rings. The molecule has 0 saturated carbocycles. The third-order valence-corrected chi connectivity index (χ3v) is 6.66. The number of benzene rings is 2. The normalized spacial score (nSPS) is 11.9. The Hall–Kier alpha value is -3.67. The molecule has 2 aromatic rings. The summed E-state index contributed by atoms with van der Waals surface area (Å²) in [5, 5.41) is 14.0. The SMILES string of the molecule is CCNC(=O)C(CC)N(Cc1ccc(C)cc1)C(=O)CN(c1cc([N+](=O)[O-])ccc1OC)S(C)(=O)=O. The number of carbonyl (C=O) groups is 2. The molecule has 0 aliphatic heterocycles. The number of carbonyl (C=O) groups excluding carboxylic acids is 2. The predicted molar refractivity (Wildman–Crippen MR) is 136 cm³/mol. The van der Waals surface area contributed by atoms with Gasteiger partial charge in [0.05, 0.1) is 18.3 Å². The van der Waals surface area contributed by atoms with Crippen molar-refractivity contribution in [2.24, 2.45) is 0 Å². The molecule has 11 nitrogen and oxygen atoms in total. The average Bonchev–Trinajstić information content (AvgIpc) is 2.82. The summed E-state index contributed by atoms with van der Waals surface area (Å²) in [6.45, 7) is 5.19. The van der Waals surface area contributed by atoms with Gasteiger partial charge in [-0.3, -0.25) is 24.0 Å². The molecule has 1 unspecified atom stereocenters. The minimum atomic E-state index is -4.08. The molecule has 196 valence electrons. The standard InChI is InChI=1S/C24H32N4O7S/c1-6-20(24(30)25-7-2)26(15-18-10-8-17(3)9-11-18)23(29)16-27(36(5,33)34)21-14-19(28(31)32)12-13-22(21)35-4/h8-14,20H,6-7,15-16H2,1-5H3,(H,25,30). The highest BCUT2D eigenvalue weighted by Crippen LogP contribution is 2.34. The van der Waals surface area contributed by atoms with E-state index in [1.165, 1.54) is 24.1 Å². The molecule has 0 heterocycles. The number of sulfonamides is 1. The lowest BCUT2D eigenvalue weighted by Gasteiger charge is -2.33. The van der Waals surface area contributed by atoms with Crippen molar-refractivity contribution in [3.05, 3.63) is 63.7 Å². The number of hydrogen-bond acceptors (Lipinski definition) is 7. The molecule has 2 aromatic carbocycles. The van der Waals surface area contributed by atoms with Crippen LogP contribution in [0.4, 0.5) is 11.4 Å². The van der Waals surface area contributed by atoms with Crippen molar-refractivity contribution in [2.45, 2.75) is 39.8 Å². The van der Waals surface area contributed by atoms with Crippen molar-refractivity contribution in [2.75, 3.05) is 30.8 Å². The van der Waals surface area contributed by atoms with Gasteiger partial charge in [-0.2, -0.15) is 0 Å². The maximum absolute atomic E-state index is 13.6. The van der Waals surface area contributed by atoms with Gasteiger partial charge in [0.2, 0.25) is 21.8 Å². The van der Waals surface area contributed by atoms with E-state index >= 15 is 0 Å². The summed E-state index contributed by atoms with van der Waals surface area (Å²) in [7, 11) is -2.79. The second-order valence-electron chi connectivity index (χ2n) is 8.21. The summed E-state index contributed by atoms with van der Waals surface area (Å²) in [6.07, 6.45) is 1.19. The van der Waals surface area contributed by atoms with Crippen molar-refractivity contribution in [1.82, 2.24) is 10.2 Å². The molecular formula is C24H32N4O7S. The fourth-order valence-corrected chi connectivity index (χ4v) is 4.53. The lowest BCUT2D eigenvalue weighted by atomic mass is 10.1. The third kappa shape index (κ3) is 7.17. The fourth-order valence-electron chi connectivity index (χ4n) is 3.68. The van der Waals surface area contributed by atoms with E-state index in [-0.39, 0.29) is 29.6 Å². The first-order valence-corrected chi connectivity index (χ1v) is 13.2. The topological polar surface area (TPSA) is 139 Å². The van der Waals surface area contributed by atoms with Crippen molar-refractivity contribution in [1.29, 1.82) is 0 Å². The van der Waals surface area contributed by atoms with E-state index in [0.717, 1.165) is 27.8 Å². The van der Waals surface area contributed by atoms with E-state index in [0.29, 0.717) is 13.0 Å². The number of non-ortho nitro benzene ring substituents is 1. The number of nitrogens with one attached hydrogen (secondary N) is 1. The van der Waals surface area contributed by atoms with Crippen molar-refractivity contribution < 1.29 is 27.7 Å². The maximum Gasteiger partial charge on any atom is 0.271 e. The number of nitrogens with zero attached hydrogens (tertiary/aromatic N) is 3. The Balaban J connectivity index is 2.54. The zero-order valence-corrected chi connectivity index (χ0v) is 21.9. The number of nitro groups is 1. The molecule has 0 spiro atoms. The van der Waals surface area contributed by atoms with Crippen LogP contribution in [0.2, 0.25) is 0 Å². The minimum absolute atomic E-state index is 0.0414. The van der Waals surface area contributed by atoms with Gasteiger partial charge in [0.1, 0.15) is 24.0 Å². The van der Waals surface area contributed by atoms with E-state index in [9.17, 15) is 28.1 Å². The van der Waals surface area contributed by atoms with Crippen LogP contribution in [0.1, 0.15) is 31.4 Å². The summed E-state index contributed by atoms with van der Waals surface area (Å²) >= 11 is 0. The molecule has 1 N–H and O–H groups in total. The highest BCUT2D eigenvalue weighted by molar-refractivity contribution is 7.92. The molecular weight excluding hydrogens is 488 g/mol. The van der Waals surface area contributed by atoms with Crippen LogP contribution in [0.15, 0.2) is 42.5 Å². The number of amides is 2. The van der Waals surface area contributed by atoms with Crippen molar-refractivity contribution in [3.63, 3.8) is 0 Å². The summed E-state index contributed by atoms with van der Waals surface area (Å²) in [6, 6.07) is 10.0. The van der Waals surface area contributed by atoms with Crippen LogP contribution in [0.25, 0.3) is 0 Å². The number of rotatable bonds is 12. The molecule has 2 amide bonds. The average molecular weight is 521 g/mol. The highest BCUT2D eigenvalue weighted by atomic mass is 32.2. The van der Waals surface area contributed by atoms with Gasteiger partial charge in [0.15, 0.2) is 0 Å². The Kier molecular flexibility index (Phi) is 9.79.